The minimum atomic E-state index is -0.402. The lowest BCUT2D eigenvalue weighted by Gasteiger charge is -2.34. The molecule has 1 aliphatic heterocycles. The maximum absolute atomic E-state index is 14.1. The molecule has 31 heavy (non-hydrogen) atoms. The number of benzene rings is 1. The molecule has 1 fully saturated rings. The summed E-state index contributed by atoms with van der Waals surface area (Å²) in [5.74, 6) is 0.271. The third-order valence-corrected chi connectivity index (χ3v) is 5.24. The van der Waals surface area contributed by atoms with Crippen molar-refractivity contribution in [1.82, 2.24) is 24.7 Å². The predicted octanol–water partition coefficient (Wildman–Crippen LogP) is 2.01. The molecule has 0 bridgehead atoms. The van der Waals surface area contributed by atoms with E-state index in [2.05, 4.69) is 15.6 Å². The van der Waals surface area contributed by atoms with Crippen LogP contribution in [-0.2, 0) is 4.79 Å². The van der Waals surface area contributed by atoms with Gasteiger partial charge in [-0.25, -0.2) is 9.07 Å². The Morgan fingerprint density at radius 3 is 2.58 bits per heavy atom. The van der Waals surface area contributed by atoms with Crippen molar-refractivity contribution in [2.75, 3.05) is 38.0 Å². The molecule has 0 saturated carbocycles. The summed E-state index contributed by atoms with van der Waals surface area (Å²) in [5.41, 5.74) is 1.33. The normalized spacial score (nSPS) is 14.6. The van der Waals surface area contributed by atoms with E-state index in [-0.39, 0.29) is 18.4 Å². The summed E-state index contributed by atoms with van der Waals surface area (Å²) in [4.78, 5) is 28.9. The van der Waals surface area contributed by atoms with Crippen LogP contribution in [0, 0.1) is 19.7 Å². The van der Waals surface area contributed by atoms with Crippen molar-refractivity contribution in [1.29, 1.82) is 0 Å². The molecule has 1 aliphatic rings. The summed E-state index contributed by atoms with van der Waals surface area (Å²) in [6.45, 7) is 5.81. The number of nitrogens with one attached hydrogen (secondary N) is 1. The first-order valence-electron chi connectivity index (χ1n) is 9.96. The van der Waals surface area contributed by atoms with E-state index in [0.717, 1.165) is 0 Å². The molecule has 0 aliphatic carbocycles. The van der Waals surface area contributed by atoms with Crippen LogP contribution in [0.25, 0.3) is 5.69 Å². The Balaban J connectivity index is 1.34. The number of piperazine rings is 1. The lowest BCUT2D eigenvalue weighted by atomic mass is 10.2. The van der Waals surface area contributed by atoms with Gasteiger partial charge in [0.05, 0.1) is 24.0 Å². The summed E-state index contributed by atoms with van der Waals surface area (Å²) in [6, 6.07) is 7.96. The molecule has 2 amide bonds. The Morgan fingerprint density at radius 2 is 1.90 bits per heavy atom. The van der Waals surface area contributed by atoms with Crippen molar-refractivity contribution in [3.8, 4) is 5.69 Å². The second-order valence-electron chi connectivity index (χ2n) is 7.45. The average Bonchev–Trinajstić information content (AvgIpc) is 3.33. The standard InChI is InChI=1S/C21H23FN6O3/c1-14-11-19(25-31-14)24-20(29)13-26-7-9-27(10-8-26)21(30)16-12-23-28(15(16)2)18-6-4-3-5-17(18)22/h3-6,11-12H,7-10,13H2,1-2H3,(H,24,25,29). The molecule has 1 N–H and O–H groups in total. The number of aromatic nitrogens is 3. The van der Waals surface area contributed by atoms with Gasteiger partial charge >= 0.3 is 0 Å². The molecule has 9 nitrogen and oxygen atoms in total. The molecular weight excluding hydrogens is 403 g/mol. The monoisotopic (exact) mass is 426 g/mol. The largest absolute Gasteiger partial charge is 0.360 e. The van der Waals surface area contributed by atoms with Gasteiger partial charge in [0.1, 0.15) is 17.3 Å². The Hall–Kier alpha value is -3.53. The lowest BCUT2D eigenvalue weighted by molar-refractivity contribution is -0.117. The number of aryl methyl sites for hydroxylation is 1. The van der Waals surface area contributed by atoms with Crippen molar-refractivity contribution in [3.63, 3.8) is 0 Å². The number of nitrogens with zero attached hydrogens (tertiary/aromatic N) is 5. The first kappa shape index (κ1) is 20.7. The first-order valence-corrected chi connectivity index (χ1v) is 9.96. The maximum atomic E-state index is 14.1. The van der Waals surface area contributed by atoms with Crippen LogP contribution in [-0.4, -0.2) is 69.3 Å². The van der Waals surface area contributed by atoms with Crippen LogP contribution in [0.15, 0.2) is 41.1 Å². The number of carbonyl (C=O) groups is 2. The Kier molecular flexibility index (Phi) is 5.81. The van der Waals surface area contributed by atoms with Gasteiger partial charge in [-0.2, -0.15) is 5.10 Å². The van der Waals surface area contributed by atoms with Crippen molar-refractivity contribution in [2.45, 2.75) is 13.8 Å². The number of anilines is 1. The van der Waals surface area contributed by atoms with Crippen LogP contribution in [0.3, 0.4) is 0 Å². The molecule has 0 spiro atoms. The fourth-order valence-electron chi connectivity index (χ4n) is 3.58. The Bertz CT molecular complexity index is 1100. The molecule has 10 heteroatoms. The van der Waals surface area contributed by atoms with Gasteiger partial charge in [0.25, 0.3) is 5.91 Å². The van der Waals surface area contributed by atoms with Gasteiger partial charge in [-0.05, 0) is 26.0 Å². The van der Waals surface area contributed by atoms with Crippen molar-refractivity contribution in [2.24, 2.45) is 0 Å². The Labute approximate surface area is 178 Å². The molecule has 0 unspecified atom stereocenters. The number of halogens is 1. The van der Waals surface area contributed by atoms with E-state index in [1.54, 1.807) is 43.0 Å². The van der Waals surface area contributed by atoms with E-state index in [1.165, 1.54) is 16.9 Å². The number of rotatable bonds is 5. The molecule has 0 atom stereocenters. The van der Waals surface area contributed by atoms with Crippen molar-refractivity contribution in [3.05, 3.63) is 59.4 Å². The van der Waals surface area contributed by atoms with E-state index < -0.39 is 5.82 Å². The fraction of sp³-hybridized carbons (Fsp3) is 0.333. The Morgan fingerprint density at radius 1 is 1.16 bits per heavy atom. The van der Waals surface area contributed by atoms with Crippen LogP contribution in [0.2, 0.25) is 0 Å². The fourth-order valence-corrected chi connectivity index (χ4v) is 3.58. The number of para-hydroxylation sites is 1. The number of hydrogen-bond donors (Lipinski definition) is 1. The summed E-state index contributed by atoms with van der Waals surface area (Å²) < 4.78 is 20.5. The van der Waals surface area contributed by atoms with Gasteiger partial charge in [0, 0.05) is 32.2 Å². The van der Waals surface area contributed by atoms with E-state index >= 15 is 0 Å². The first-order chi connectivity index (χ1) is 14.9. The molecule has 1 saturated heterocycles. The van der Waals surface area contributed by atoms with Gasteiger partial charge in [-0.15, -0.1) is 0 Å². The van der Waals surface area contributed by atoms with Crippen LogP contribution in [0.1, 0.15) is 21.8 Å². The van der Waals surface area contributed by atoms with E-state index in [4.69, 9.17) is 4.52 Å². The second kappa shape index (κ2) is 8.68. The van der Waals surface area contributed by atoms with Gasteiger partial charge in [0.15, 0.2) is 5.82 Å². The maximum Gasteiger partial charge on any atom is 0.257 e. The van der Waals surface area contributed by atoms with Gasteiger partial charge in [-0.1, -0.05) is 17.3 Å². The van der Waals surface area contributed by atoms with Gasteiger partial charge in [-0.3, -0.25) is 14.5 Å². The van der Waals surface area contributed by atoms with E-state index in [9.17, 15) is 14.0 Å². The second-order valence-corrected chi connectivity index (χ2v) is 7.45. The molecule has 3 aromatic rings. The van der Waals surface area contributed by atoms with E-state index in [1.807, 2.05) is 4.90 Å². The number of amides is 2. The molecule has 1 aromatic carbocycles. The molecule has 0 radical (unpaired) electrons. The third-order valence-electron chi connectivity index (χ3n) is 5.24. The average molecular weight is 426 g/mol. The smallest absolute Gasteiger partial charge is 0.257 e. The molecule has 2 aromatic heterocycles. The zero-order valence-electron chi connectivity index (χ0n) is 17.3. The van der Waals surface area contributed by atoms with Gasteiger partial charge < -0.3 is 14.7 Å². The zero-order chi connectivity index (χ0) is 22.0. The minimum Gasteiger partial charge on any atom is -0.360 e. The highest BCUT2D eigenvalue weighted by Crippen LogP contribution is 2.19. The molecule has 4 rings (SSSR count). The molecule has 162 valence electrons. The number of carbonyl (C=O) groups excluding carboxylic acids is 2. The lowest BCUT2D eigenvalue weighted by Crippen LogP contribution is -2.50. The summed E-state index contributed by atoms with van der Waals surface area (Å²) in [5, 5.41) is 10.6. The highest BCUT2D eigenvalue weighted by atomic mass is 19.1. The molecule has 3 heterocycles. The zero-order valence-corrected chi connectivity index (χ0v) is 17.3. The quantitative estimate of drug-likeness (QED) is 0.671. The minimum absolute atomic E-state index is 0.151. The topological polar surface area (TPSA) is 96.5 Å². The van der Waals surface area contributed by atoms with Crippen molar-refractivity contribution >= 4 is 17.6 Å². The molecular formula is C21H23FN6O3. The van der Waals surface area contributed by atoms with Gasteiger partial charge in [0.2, 0.25) is 5.91 Å². The van der Waals surface area contributed by atoms with Crippen LogP contribution < -0.4 is 5.32 Å². The van der Waals surface area contributed by atoms with Crippen LogP contribution >= 0.6 is 0 Å². The SMILES string of the molecule is Cc1cc(NC(=O)CN2CCN(C(=O)c3cnn(-c4ccccc4F)c3C)CC2)no1. The predicted molar refractivity (Wildman–Crippen MR) is 110 cm³/mol. The van der Waals surface area contributed by atoms with Crippen LogP contribution in [0.4, 0.5) is 10.2 Å². The van der Waals surface area contributed by atoms with Crippen LogP contribution in [0.5, 0.6) is 0 Å². The van der Waals surface area contributed by atoms with E-state index in [0.29, 0.717) is 54.7 Å². The highest BCUT2D eigenvalue weighted by Gasteiger charge is 2.26. The highest BCUT2D eigenvalue weighted by molar-refractivity contribution is 5.95. The summed E-state index contributed by atoms with van der Waals surface area (Å²) in [7, 11) is 0. The van der Waals surface area contributed by atoms with Crippen molar-refractivity contribution < 1.29 is 18.5 Å². The summed E-state index contributed by atoms with van der Waals surface area (Å²) >= 11 is 0. The summed E-state index contributed by atoms with van der Waals surface area (Å²) in [6.07, 6.45) is 1.48. The number of hydrogen-bond acceptors (Lipinski definition) is 6. The third kappa shape index (κ3) is 4.48.